The van der Waals surface area contributed by atoms with Crippen LogP contribution in [0.15, 0.2) is 29.3 Å². The summed E-state index contributed by atoms with van der Waals surface area (Å²) in [5.41, 5.74) is 7.34. The Morgan fingerprint density at radius 1 is 1.15 bits per heavy atom. The van der Waals surface area contributed by atoms with Crippen LogP contribution in [0.2, 0.25) is 0 Å². The van der Waals surface area contributed by atoms with E-state index in [0.29, 0.717) is 11.9 Å². The first kappa shape index (κ1) is 21.3. The van der Waals surface area contributed by atoms with Gasteiger partial charge in [0.05, 0.1) is 7.11 Å². The Morgan fingerprint density at radius 2 is 1.85 bits per heavy atom. The number of guanidine groups is 1. The molecule has 0 bridgehead atoms. The number of hydrogen-bond donors (Lipinski definition) is 2. The number of piperidine rings is 1. The van der Waals surface area contributed by atoms with E-state index in [-0.39, 0.29) is 24.0 Å². The average molecular weight is 472 g/mol. The quantitative estimate of drug-likeness (QED) is 0.364. The van der Waals surface area contributed by atoms with Gasteiger partial charge in [0.25, 0.3) is 0 Å². The number of nitrogens with one attached hydrogen (secondary N) is 1. The molecule has 1 heterocycles. The fraction of sp³-hybridized carbons (Fsp3) is 0.650. The van der Waals surface area contributed by atoms with Crippen LogP contribution in [0.1, 0.15) is 37.7 Å². The van der Waals surface area contributed by atoms with Gasteiger partial charge < -0.3 is 15.8 Å². The molecule has 2 fully saturated rings. The molecule has 26 heavy (non-hydrogen) atoms. The van der Waals surface area contributed by atoms with Crippen molar-refractivity contribution in [2.24, 2.45) is 22.6 Å². The zero-order chi connectivity index (χ0) is 17.5. The highest BCUT2D eigenvalue weighted by atomic mass is 127. The van der Waals surface area contributed by atoms with Crippen molar-refractivity contribution in [2.75, 3.05) is 33.3 Å². The van der Waals surface area contributed by atoms with Crippen LogP contribution in [0.25, 0.3) is 0 Å². The summed E-state index contributed by atoms with van der Waals surface area (Å²) in [5.74, 6) is 3.03. The summed E-state index contributed by atoms with van der Waals surface area (Å²) in [7, 11) is 1.71. The predicted molar refractivity (Wildman–Crippen MR) is 118 cm³/mol. The van der Waals surface area contributed by atoms with Crippen molar-refractivity contribution < 1.29 is 4.74 Å². The van der Waals surface area contributed by atoms with Gasteiger partial charge in [-0.1, -0.05) is 18.6 Å². The van der Waals surface area contributed by atoms with Gasteiger partial charge in [0.1, 0.15) is 5.75 Å². The van der Waals surface area contributed by atoms with E-state index in [1.165, 1.54) is 37.7 Å². The molecule has 0 spiro atoms. The molecule has 2 aliphatic rings. The van der Waals surface area contributed by atoms with E-state index in [9.17, 15) is 0 Å². The monoisotopic (exact) mass is 472 g/mol. The topological polar surface area (TPSA) is 62.9 Å². The van der Waals surface area contributed by atoms with Gasteiger partial charge in [0.2, 0.25) is 0 Å². The molecule has 1 saturated heterocycles. The summed E-state index contributed by atoms with van der Waals surface area (Å²) in [6.07, 6.45) is 6.45. The summed E-state index contributed by atoms with van der Waals surface area (Å²) in [4.78, 5) is 7.01. The molecule has 1 aliphatic carbocycles. The van der Waals surface area contributed by atoms with Gasteiger partial charge in [-0.2, -0.15) is 0 Å². The third kappa shape index (κ3) is 6.61. The molecule has 0 amide bonds. The lowest BCUT2D eigenvalue weighted by Gasteiger charge is -2.32. The van der Waals surface area contributed by atoms with Crippen molar-refractivity contribution in [3.63, 3.8) is 0 Å². The molecule has 3 N–H and O–H groups in total. The lowest BCUT2D eigenvalue weighted by atomic mass is 9.86. The molecule has 1 saturated carbocycles. The Labute approximate surface area is 174 Å². The average Bonchev–Trinajstić information content (AvgIpc) is 2.60. The molecule has 1 aliphatic heterocycles. The molecule has 1 aromatic carbocycles. The standard InChI is InChI=1S/C20H32N4O.HI/c1-25-19-7-5-18(6-8-19)15-24-11-9-17(10-12-24)14-23-20(21)22-13-16-3-2-4-16;/h5-8,16-17H,2-4,9-15H2,1H3,(H3,21,22,23);1H. The van der Waals surface area contributed by atoms with Crippen LogP contribution in [0, 0.1) is 11.8 Å². The summed E-state index contributed by atoms with van der Waals surface area (Å²) in [6, 6.07) is 8.40. The minimum Gasteiger partial charge on any atom is -0.497 e. The van der Waals surface area contributed by atoms with Gasteiger partial charge in [-0.3, -0.25) is 9.89 Å². The van der Waals surface area contributed by atoms with E-state index < -0.39 is 0 Å². The number of rotatable bonds is 7. The highest BCUT2D eigenvalue weighted by Crippen LogP contribution is 2.26. The summed E-state index contributed by atoms with van der Waals surface area (Å²) in [5, 5.41) is 3.33. The maximum atomic E-state index is 5.99. The van der Waals surface area contributed by atoms with Crippen molar-refractivity contribution in [2.45, 2.75) is 38.6 Å². The van der Waals surface area contributed by atoms with E-state index >= 15 is 0 Å². The smallest absolute Gasteiger partial charge is 0.188 e. The Balaban J connectivity index is 0.00000243. The molecule has 0 radical (unpaired) electrons. The van der Waals surface area contributed by atoms with Crippen LogP contribution in [-0.4, -0.2) is 44.1 Å². The molecule has 0 atom stereocenters. The number of hydrogen-bond acceptors (Lipinski definition) is 3. The number of likely N-dealkylation sites (tertiary alicyclic amines) is 1. The van der Waals surface area contributed by atoms with Crippen LogP contribution < -0.4 is 15.8 Å². The van der Waals surface area contributed by atoms with Crippen molar-refractivity contribution in [3.8, 4) is 5.75 Å². The Kier molecular flexibility index (Phi) is 8.98. The van der Waals surface area contributed by atoms with Crippen molar-refractivity contribution in [3.05, 3.63) is 29.8 Å². The number of methoxy groups -OCH3 is 1. The highest BCUT2D eigenvalue weighted by Gasteiger charge is 2.20. The fourth-order valence-corrected chi connectivity index (χ4v) is 3.55. The van der Waals surface area contributed by atoms with E-state index in [0.717, 1.165) is 44.4 Å². The first-order chi connectivity index (χ1) is 12.2. The number of benzene rings is 1. The Bertz CT molecular complexity index is 551. The molecule has 3 rings (SSSR count). The SMILES string of the molecule is COc1ccc(CN2CCC(CNC(N)=NCC3CCC3)CC2)cc1.I. The first-order valence-electron chi connectivity index (χ1n) is 9.62. The molecule has 146 valence electrons. The number of nitrogens with zero attached hydrogens (tertiary/aromatic N) is 2. The van der Waals surface area contributed by atoms with Crippen molar-refractivity contribution >= 4 is 29.9 Å². The predicted octanol–water partition coefficient (Wildman–Crippen LogP) is 3.23. The Hall–Kier alpha value is -1.02. The number of nitrogens with two attached hydrogens (primary N) is 1. The maximum Gasteiger partial charge on any atom is 0.188 e. The molecular weight excluding hydrogens is 439 g/mol. The van der Waals surface area contributed by atoms with Gasteiger partial charge in [0.15, 0.2) is 5.96 Å². The van der Waals surface area contributed by atoms with Gasteiger partial charge >= 0.3 is 0 Å². The van der Waals surface area contributed by atoms with Crippen LogP contribution in [-0.2, 0) is 6.54 Å². The molecule has 5 nitrogen and oxygen atoms in total. The molecule has 1 aromatic rings. The second-order valence-electron chi connectivity index (χ2n) is 7.47. The minimum atomic E-state index is 0. The van der Waals surface area contributed by atoms with Crippen molar-refractivity contribution in [1.82, 2.24) is 10.2 Å². The maximum absolute atomic E-state index is 5.99. The number of halogens is 1. The summed E-state index contributed by atoms with van der Waals surface area (Å²) >= 11 is 0. The minimum absolute atomic E-state index is 0. The van der Waals surface area contributed by atoms with Gasteiger partial charge in [-0.05, 0) is 68.3 Å². The van der Waals surface area contributed by atoms with E-state index in [4.69, 9.17) is 10.5 Å². The molecule has 0 aromatic heterocycles. The number of aliphatic imine (C=N–C) groups is 1. The molecule has 0 unspecified atom stereocenters. The lowest BCUT2D eigenvalue weighted by Crippen LogP contribution is -2.40. The van der Waals surface area contributed by atoms with Crippen molar-refractivity contribution in [1.29, 1.82) is 0 Å². The van der Waals surface area contributed by atoms with Crippen LogP contribution in [0.5, 0.6) is 5.75 Å². The lowest BCUT2D eigenvalue weighted by molar-refractivity contribution is 0.178. The van der Waals surface area contributed by atoms with Gasteiger partial charge in [0, 0.05) is 19.6 Å². The van der Waals surface area contributed by atoms with E-state index in [1.807, 2.05) is 12.1 Å². The van der Waals surface area contributed by atoms with Gasteiger partial charge in [-0.25, -0.2) is 0 Å². The first-order valence-corrected chi connectivity index (χ1v) is 9.62. The second-order valence-corrected chi connectivity index (χ2v) is 7.47. The van der Waals surface area contributed by atoms with Crippen LogP contribution >= 0.6 is 24.0 Å². The molecule has 6 heteroatoms. The highest BCUT2D eigenvalue weighted by molar-refractivity contribution is 14.0. The van der Waals surface area contributed by atoms with Crippen LogP contribution in [0.4, 0.5) is 0 Å². The zero-order valence-corrected chi connectivity index (χ0v) is 18.2. The van der Waals surface area contributed by atoms with Crippen LogP contribution in [0.3, 0.4) is 0 Å². The van der Waals surface area contributed by atoms with E-state index in [2.05, 4.69) is 27.3 Å². The number of ether oxygens (including phenoxy) is 1. The zero-order valence-electron chi connectivity index (χ0n) is 15.8. The summed E-state index contributed by atoms with van der Waals surface area (Å²) < 4.78 is 5.22. The second kappa shape index (κ2) is 11.0. The normalized spacial score (nSPS) is 19.5. The third-order valence-electron chi connectivity index (χ3n) is 5.59. The third-order valence-corrected chi connectivity index (χ3v) is 5.59. The molecular formula is C20H33IN4O. The van der Waals surface area contributed by atoms with E-state index in [1.54, 1.807) is 7.11 Å². The summed E-state index contributed by atoms with van der Waals surface area (Å²) in [6.45, 7) is 5.18. The largest absolute Gasteiger partial charge is 0.497 e. The Morgan fingerprint density at radius 3 is 2.42 bits per heavy atom. The van der Waals surface area contributed by atoms with Gasteiger partial charge in [-0.15, -0.1) is 24.0 Å². The fourth-order valence-electron chi connectivity index (χ4n) is 3.55.